The van der Waals surface area contributed by atoms with E-state index in [1.54, 1.807) is 13.1 Å². The van der Waals surface area contributed by atoms with E-state index in [1.165, 1.54) is 16.8 Å². The van der Waals surface area contributed by atoms with E-state index in [2.05, 4.69) is 10.1 Å². The van der Waals surface area contributed by atoms with Gasteiger partial charge in [0, 0.05) is 6.20 Å². The summed E-state index contributed by atoms with van der Waals surface area (Å²) in [4.78, 5) is 14.5. The van der Waals surface area contributed by atoms with E-state index in [0.29, 0.717) is 11.3 Å². The number of carbonyl (C=O) groups is 1. The SMILES string of the molecule is Cc1ncc2cc(C(=O)O)cn2n1. The lowest BCUT2D eigenvalue weighted by molar-refractivity contribution is 0.0697. The van der Waals surface area contributed by atoms with Crippen molar-refractivity contribution in [3.8, 4) is 0 Å². The first-order chi connectivity index (χ1) is 6.16. The molecule has 5 nitrogen and oxygen atoms in total. The fourth-order valence-corrected chi connectivity index (χ4v) is 1.11. The minimum absolute atomic E-state index is 0.222. The minimum atomic E-state index is -0.955. The smallest absolute Gasteiger partial charge is 0.337 e. The van der Waals surface area contributed by atoms with Gasteiger partial charge < -0.3 is 5.11 Å². The second-order valence-electron chi connectivity index (χ2n) is 2.71. The van der Waals surface area contributed by atoms with Crippen LogP contribution in [0.5, 0.6) is 0 Å². The molecule has 0 atom stereocenters. The van der Waals surface area contributed by atoms with Crippen molar-refractivity contribution in [3.63, 3.8) is 0 Å². The number of carboxylic acid groups (broad SMARTS) is 1. The van der Waals surface area contributed by atoms with Crippen LogP contribution >= 0.6 is 0 Å². The first kappa shape index (κ1) is 7.72. The van der Waals surface area contributed by atoms with Crippen LogP contribution in [0.25, 0.3) is 5.52 Å². The summed E-state index contributed by atoms with van der Waals surface area (Å²) in [5, 5.41) is 12.7. The maximum Gasteiger partial charge on any atom is 0.337 e. The second-order valence-corrected chi connectivity index (χ2v) is 2.71. The van der Waals surface area contributed by atoms with Gasteiger partial charge in [-0.2, -0.15) is 5.10 Å². The molecule has 0 bridgehead atoms. The molecule has 1 N–H and O–H groups in total. The number of aryl methyl sites for hydroxylation is 1. The number of carboxylic acids is 1. The third-order valence-electron chi connectivity index (χ3n) is 1.71. The molecule has 13 heavy (non-hydrogen) atoms. The van der Waals surface area contributed by atoms with Gasteiger partial charge >= 0.3 is 5.97 Å². The maximum absolute atomic E-state index is 10.6. The minimum Gasteiger partial charge on any atom is -0.478 e. The third kappa shape index (κ3) is 1.24. The Hall–Kier alpha value is -1.91. The predicted molar refractivity (Wildman–Crippen MR) is 44.7 cm³/mol. The lowest BCUT2D eigenvalue weighted by atomic mass is 10.3. The molecule has 0 unspecified atom stereocenters. The lowest BCUT2D eigenvalue weighted by Gasteiger charge is -1.92. The van der Waals surface area contributed by atoms with E-state index in [0.717, 1.165) is 0 Å². The molecule has 0 aromatic carbocycles. The Bertz CT molecular complexity index is 475. The summed E-state index contributed by atoms with van der Waals surface area (Å²) in [6.45, 7) is 1.75. The third-order valence-corrected chi connectivity index (χ3v) is 1.71. The fraction of sp³-hybridized carbons (Fsp3) is 0.125. The average molecular weight is 177 g/mol. The van der Waals surface area contributed by atoms with E-state index in [1.807, 2.05) is 0 Å². The number of nitrogens with zero attached hydrogens (tertiary/aromatic N) is 3. The zero-order chi connectivity index (χ0) is 9.42. The van der Waals surface area contributed by atoms with Gasteiger partial charge in [0.1, 0.15) is 5.82 Å². The Kier molecular flexibility index (Phi) is 1.51. The maximum atomic E-state index is 10.6. The Morgan fingerprint density at radius 1 is 1.62 bits per heavy atom. The lowest BCUT2D eigenvalue weighted by Crippen LogP contribution is -1.95. The molecule has 2 rings (SSSR count). The zero-order valence-corrected chi connectivity index (χ0v) is 6.93. The van der Waals surface area contributed by atoms with Crippen molar-refractivity contribution in [2.75, 3.05) is 0 Å². The molecule has 2 aromatic rings. The molecular weight excluding hydrogens is 170 g/mol. The van der Waals surface area contributed by atoms with E-state index in [-0.39, 0.29) is 5.56 Å². The van der Waals surface area contributed by atoms with Gasteiger partial charge in [-0.15, -0.1) is 0 Å². The molecule has 0 aliphatic carbocycles. The Morgan fingerprint density at radius 3 is 3.08 bits per heavy atom. The number of rotatable bonds is 1. The van der Waals surface area contributed by atoms with Crippen LogP contribution in [0.15, 0.2) is 18.5 Å². The molecule has 66 valence electrons. The largest absolute Gasteiger partial charge is 0.478 e. The highest BCUT2D eigenvalue weighted by Gasteiger charge is 2.06. The summed E-state index contributed by atoms with van der Waals surface area (Å²) in [5.74, 6) is -0.344. The molecule has 5 heteroatoms. The summed E-state index contributed by atoms with van der Waals surface area (Å²) in [6, 6.07) is 1.53. The summed E-state index contributed by atoms with van der Waals surface area (Å²) in [5.41, 5.74) is 0.905. The fourth-order valence-electron chi connectivity index (χ4n) is 1.11. The highest BCUT2D eigenvalue weighted by molar-refractivity contribution is 5.89. The predicted octanol–water partition coefficient (Wildman–Crippen LogP) is 0.736. The van der Waals surface area contributed by atoms with E-state index in [9.17, 15) is 4.79 Å². The van der Waals surface area contributed by atoms with Gasteiger partial charge in [-0.3, -0.25) is 0 Å². The first-order valence-electron chi connectivity index (χ1n) is 3.72. The van der Waals surface area contributed by atoms with Crippen LogP contribution in [0.2, 0.25) is 0 Å². The Balaban J connectivity index is 2.68. The number of hydrogen-bond donors (Lipinski definition) is 1. The van der Waals surface area contributed by atoms with Crippen molar-refractivity contribution >= 4 is 11.5 Å². The van der Waals surface area contributed by atoms with Crippen molar-refractivity contribution in [3.05, 3.63) is 29.8 Å². The van der Waals surface area contributed by atoms with E-state index >= 15 is 0 Å². The molecule has 0 saturated heterocycles. The van der Waals surface area contributed by atoms with Crippen molar-refractivity contribution in [1.82, 2.24) is 14.6 Å². The highest BCUT2D eigenvalue weighted by atomic mass is 16.4. The van der Waals surface area contributed by atoms with Crippen LogP contribution in [-0.4, -0.2) is 25.7 Å². The standard InChI is InChI=1S/C8H7N3O2/c1-5-9-3-7-2-6(8(12)13)4-11(7)10-5/h2-4H,1H3,(H,12,13). The Morgan fingerprint density at radius 2 is 2.38 bits per heavy atom. The number of hydrogen-bond acceptors (Lipinski definition) is 3. The van der Waals surface area contributed by atoms with Crippen molar-refractivity contribution < 1.29 is 9.90 Å². The molecule has 0 aliphatic rings. The number of aromatic nitrogens is 3. The molecule has 0 radical (unpaired) electrons. The molecule has 0 amide bonds. The second kappa shape index (κ2) is 2.55. The van der Waals surface area contributed by atoms with Gasteiger partial charge in [0.25, 0.3) is 0 Å². The average Bonchev–Trinajstić information content (AvgIpc) is 2.46. The summed E-state index contributed by atoms with van der Waals surface area (Å²) in [7, 11) is 0. The van der Waals surface area contributed by atoms with Crippen molar-refractivity contribution in [1.29, 1.82) is 0 Å². The van der Waals surface area contributed by atoms with Crippen LogP contribution in [0.1, 0.15) is 16.2 Å². The van der Waals surface area contributed by atoms with Gasteiger partial charge in [-0.05, 0) is 13.0 Å². The summed E-state index contributed by atoms with van der Waals surface area (Å²) in [6.07, 6.45) is 3.06. The molecule has 0 aliphatic heterocycles. The van der Waals surface area contributed by atoms with Crippen LogP contribution in [-0.2, 0) is 0 Å². The van der Waals surface area contributed by atoms with Crippen molar-refractivity contribution in [2.45, 2.75) is 6.92 Å². The summed E-state index contributed by atoms with van der Waals surface area (Å²) < 4.78 is 1.51. The molecule has 2 heterocycles. The van der Waals surface area contributed by atoms with Crippen molar-refractivity contribution in [2.24, 2.45) is 0 Å². The number of fused-ring (bicyclic) bond motifs is 1. The summed E-state index contributed by atoms with van der Waals surface area (Å²) >= 11 is 0. The van der Waals surface area contributed by atoms with Crippen LogP contribution in [0, 0.1) is 6.92 Å². The van der Waals surface area contributed by atoms with Crippen LogP contribution < -0.4 is 0 Å². The number of aromatic carboxylic acids is 1. The molecule has 0 fully saturated rings. The van der Waals surface area contributed by atoms with Gasteiger partial charge in [-0.25, -0.2) is 14.3 Å². The van der Waals surface area contributed by atoms with Gasteiger partial charge in [0.05, 0.1) is 17.3 Å². The Labute approximate surface area is 73.6 Å². The van der Waals surface area contributed by atoms with E-state index in [4.69, 9.17) is 5.11 Å². The van der Waals surface area contributed by atoms with Crippen LogP contribution in [0.4, 0.5) is 0 Å². The quantitative estimate of drug-likeness (QED) is 0.697. The molecule has 0 saturated carbocycles. The normalized spacial score (nSPS) is 10.5. The molecule has 2 aromatic heterocycles. The topological polar surface area (TPSA) is 67.5 Å². The zero-order valence-electron chi connectivity index (χ0n) is 6.93. The van der Waals surface area contributed by atoms with Gasteiger partial charge in [0.2, 0.25) is 0 Å². The molecule has 0 spiro atoms. The first-order valence-corrected chi connectivity index (χ1v) is 3.72. The highest BCUT2D eigenvalue weighted by Crippen LogP contribution is 2.07. The van der Waals surface area contributed by atoms with Crippen LogP contribution in [0.3, 0.4) is 0 Å². The van der Waals surface area contributed by atoms with Gasteiger partial charge in [-0.1, -0.05) is 0 Å². The van der Waals surface area contributed by atoms with Gasteiger partial charge in [0.15, 0.2) is 0 Å². The molecular formula is C8H7N3O2. The van der Waals surface area contributed by atoms with E-state index < -0.39 is 5.97 Å². The monoisotopic (exact) mass is 177 g/mol.